The number of rotatable bonds is 6. The molecule has 0 bridgehead atoms. The molecular weight excluding hydrogens is 370 g/mol. The van der Waals surface area contributed by atoms with Crippen LogP contribution in [-0.2, 0) is 13.0 Å². The summed E-state index contributed by atoms with van der Waals surface area (Å²) in [7, 11) is 0. The zero-order valence-electron chi connectivity index (χ0n) is 16.0. The number of aromatic amines is 1. The van der Waals surface area contributed by atoms with E-state index in [1.54, 1.807) is 10.7 Å². The quantitative estimate of drug-likeness (QED) is 0.513. The van der Waals surface area contributed by atoms with Crippen LogP contribution in [0.5, 0.6) is 0 Å². The molecule has 2 aromatic carbocycles. The van der Waals surface area contributed by atoms with E-state index in [1.165, 1.54) is 0 Å². The van der Waals surface area contributed by atoms with Gasteiger partial charge in [-0.1, -0.05) is 42.0 Å². The first kappa shape index (κ1) is 18.4. The average molecular weight is 389 g/mol. The Morgan fingerprint density at radius 3 is 2.66 bits per heavy atom. The number of carbonyl (C=O) groups excluding carboxylic acids is 1. The Morgan fingerprint density at radius 1 is 1.10 bits per heavy atom. The third-order valence-electron chi connectivity index (χ3n) is 4.46. The Balaban J connectivity index is 1.73. The molecule has 146 valence electrons. The molecule has 0 aliphatic carbocycles. The van der Waals surface area contributed by atoms with E-state index in [1.807, 2.05) is 50.2 Å². The van der Waals surface area contributed by atoms with Gasteiger partial charge >= 0.3 is 0 Å². The van der Waals surface area contributed by atoms with Gasteiger partial charge in [-0.25, -0.2) is 0 Å². The topological polar surface area (TPSA) is 127 Å². The van der Waals surface area contributed by atoms with Crippen molar-refractivity contribution in [3.8, 4) is 16.8 Å². The maximum absolute atomic E-state index is 12.8. The number of H-pyrrole nitrogens is 1. The standard InChI is InChI=1S/C19H19N9O/c1-3-18-23-26-27-28(18)16-9-14(13-6-4-12(2)5-7-13)8-15(10-16)19(29)20-11-17-21-24-25-22-17/h4-10H,3,11H2,1-2H3,(H,20,29)(H,21,22,24,25). The van der Waals surface area contributed by atoms with Crippen LogP contribution in [0, 0.1) is 6.92 Å². The van der Waals surface area contributed by atoms with Crippen LogP contribution in [0.15, 0.2) is 42.5 Å². The highest BCUT2D eigenvalue weighted by atomic mass is 16.1. The lowest BCUT2D eigenvalue weighted by atomic mass is 10.0. The van der Waals surface area contributed by atoms with E-state index >= 15 is 0 Å². The fraction of sp³-hybridized carbons (Fsp3) is 0.211. The molecule has 0 atom stereocenters. The maximum atomic E-state index is 12.8. The molecule has 4 aromatic rings. The van der Waals surface area contributed by atoms with Crippen molar-refractivity contribution >= 4 is 5.91 Å². The second kappa shape index (κ2) is 7.97. The third-order valence-corrected chi connectivity index (χ3v) is 4.46. The van der Waals surface area contributed by atoms with Gasteiger partial charge in [0.1, 0.15) is 0 Å². The molecule has 2 heterocycles. The van der Waals surface area contributed by atoms with Crippen LogP contribution in [0.2, 0.25) is 0 Å². The minimum absolute atomic E-state index is 0.171. The third kappa shape index (κ3) is 4.00. The summed E-state index contributed by atoms with van der Waals surface area (Å²) in [4.78, 5) is 12.8. The van der Waals surface area contributed by atoms with Crippen molar-refractivity contribution in [1.82, 2.24) is 46.1 Å². The molecule has 0 saturated heterocycles. The molecule has 0 unspecified atom stereocenters. The first-order valence-corrected chi connectivity index (χ1v) is 9.14. The van der Waals surface area contributed by atoms with Crippen molar-refractivity contribution in [3.05, 3.63) is 65.2 Å². The van der Waals surface area contributed by atoms with Crippen molar-refractivity contribution in [2.75, 3.05) is 0 Å². The summed E-state index contributed by atoms with van der Waals surface area (Å²) in [5.74, 6) is 0.863. The highest BCUT2D eigenvalue weighted by Crippen LogP contribution is 2.25. The van der Waals surface area contributed by atoms with Gasteiger partial charge in [0.05, 0.1) is 12.2 Å². The number of aromatic nitrogens is 8. The molecule has 2 aromatic heterocycles. The monoisotopic (exact) mass is 389 g/mol. The average Bonchev–Trinajstić information content (AvgIpc) is 3.44. The molecule has 10 heteroatoms. The summed E-state index contributed by atoms with van der Waals surface area (Å²) in [5.41, 5.74) is 4.26. The Kier molecular flexibility index (Phi) is 5.06. The highest BCUT2D eigenvalue weighted by molar-refractivity contribution is 5.96. The fourth-order valence-corrected chi connectivity index (χ4v) is 2.92. The number of nitrogens with one attached hydrogen (secondary N) is 2. The van der Waals surface area contributed by atoms with Crippen molar-refractivity contribution in [1.29, 1.82) is 0 Å². The van der Waals surface area contributed by atoms with E-state index in [9.17, 15) is 4.79 Å². The predicted molar refractivity (Wildman–Crippen MR) is 104 cm³/mol. The van der Waals surface area contributed by atoms with Crippen molar-refractivity contribution in [2.24, 2.45) is 0 Å². The zero-order valence-corrected chi connectivity index (χ0v) is 16.0. The second-order valence-corrected chi connectivity index (χ2v) is 6.51. The largest absolute Gasteiger partial charge is 0.345 e. The Hall–Kier alpha value is -3.95. The highest BCUT2D eigenvalue weighted by Gasteiger charge is 2.14. The molecule has 0 saturated carbocycles. The molecule has 0 fully saturated rings. The SMILES string of the molecule is CCc1nnnn1-c1cc(C(=O)NCc2nn[nH]n2)cc(-c2ccc(C)cc2)c1. The lowest BCUT2D eigenvalue weighted by Gasteiger charge is -2.11. The molecule has 0 spiro atoms. The van der Waals surface area contributed by atoms with Crippen LogP contribution in [0.1, 0.15) is 34.5 Å². The Labute approximate surface area is 166 Å². The fourth-order valence-electron chi connectivity index (χ4n) is 2.92. The van der Waals surface area contributed by atoms with E-state index in [2.05, 4.69) is 41.5 Å². The summed E-state index contributed by atoms with van der Waals surface area (Å²) < 4.78 is 1.65. The minimum Gasteiger partial charge on any atom is -0.345 e. The van der Waals surface area contributed by atoms with Gasteiger partial charge in [-0.15, -0.1) is 15.3 Å². The molecule has 0 aliphatic rings. The second-order valence-electron chi connectivity index (χ2n) is 6.51. The minimum atomic E-state index is -0.254. The normalized spacial score (nSPS) is 10.8. The van der Waals surface area contributed by atoms with E-state index in [4.69, 9.17) is 0 Å². The zero-order chi connectivity index (χ0) is 20.2. The summed E-state index contributed by atoms with van der Waals surface area (Å²) in [6, 6.07) is 13.7. The van der Waals surface area contributed by atoms with Crippen molar-refractivity contribution < 1.29 is 4.79 Å². The number of hydrogen-bond acceptors (Lipinski definition) is 7. The van der Waals surface area contributed by atoms with Gasteiger partial charge in [0.15, 0.2) is 11.6 Å². The van der Waals surface area contributed by atoms with E-state index < -0.39 is 0 Å². The first-order valence-electron chi connectivity index (χ1n) is 9.14. The van der Waals surface area contributed by atoms with Gasteiger partial charge in [0, 0.05) is 12.0 Å². The van der Waals surface area contributed by atoms with E-state index in [0.29, 0.717) is 23.6 Å². The molecule has 2 N–H and O–H groups in total. The van der Waals surface area contributed by atoms with Gasteiger partial charge in [-0.3, -0.25) is 4.79 Å². The lowest BCUT2D eigenvalue weighted by Crippen LogP contribution is -2.23. The molecule has 0 radical (unpaired) electrons. The Morgan fingerprint density at radius 2 is 1.93 bits per heavy atom. The maximum Gasteiger partial charge on any atom is 0.251 e. The predicted octanol–water partition coefficient (Wildman–Crippen LogP) is 1.64. The number of aryl methyl sites for hydroxylation is 2. The molecule has 4 rings (SSSR count). The van der Waals surface area contributed by atoms with Crippen LogP contribution in [0.4, 0.5) is 0 Å². The first-order chi connectivity index (χ1) is 14.1. The summed E-state index contributed by atoms with van der Waals surface area (Å²) >= 11 is 0. The van der Waals surface area contributed by atoms with Gasteiger partial charge in [-0.05, 0) is 46.7 Å². The number of tetrazole rings is 2. The van der Waals surface area contributed by atoms with E-state index in [0.717, 1.165) is 22.4 Å². The van der Waals surface area contributed by atoms with Crippen LogP contribution < -0.4 is 5.32 Å². The van der Waals surface area contributed by atoms with Gasteiger partial charge in [0.2, 0.25) is 0 Å². The molecule has 29 heavy (non-hydrogen) atoms. The van der Waals surface area contributed by atoms with Crippen LogP contribution in [-0.4, -0.2) is 46.7 Å². The molecule has 0 aliphatic heterocycles. The van der Waals surface area contributed by atoms with Gasteiger partial charge in [0.25, 0.3) is 5.91 Å². The summed E-state index contributed by atoms with van der Waals surface area (Å²) in [6.07, 6.45) is 0.668. The number of carbonyl (C=O) groups is 1. The number of benzene rings is 2. The summed E-state index contributed by atoms with van der Waals surface area (Å²) in [6.45, 7) is 4.18. The number of nitrogens with zero attached hydrogens (tertiary/aromatic N) is 7. The Bertz CT molecular complexity index is 1120. The van der Waals surface area contributed by atoms with E-state index in [-0.39, 0.29) is 12.5 Å². The van der Waals surface area contributed by atoms with Crippen molar-refractivity contribution in [3.63, 3.8) is 0 Å². The lowest BCUT2D eigenvalue weighted by molar-refractivity contribution is 0.0950. The van der Waals surface area contributed by atoms with Crippen LogP contribution >= 0.6 is 0 Å². The molecule has 1 amide bonds. The van der Waals surface area contributed by atoms with Gasteiger partial charge < -0.3 is 5.32 Å². The summed E-state index contributed by atoms with van der Waals surface area (Å²) in [5, 5.41) is 28.2. The van der Waals surface area contributed by atoms with Gasteiger partial charge in [-0.2, -0.15) is 9.90 Å². The van der Waals surface area contributed by atoms with Crippen LogP contribution in [0.25, 0.3) is 16.8 Å². The molecular formula is C19H19N9O. The number of amides is 1. The smallest absolute Gasteiger partial charge is 0.251 e. The molecule has 10 nitrogen and oxygen atoms in total. The number of hydrogen-bond donors (Lipinski definition) is 2. The van der Waals surface area contributed by atoms with Crippen molar-refractivity contribution in [2.45, 2.75) is 26.8 Å². The van der Waals surface area contributed by atoms with Crippen LogP contribution in [0.3, 0.4) is 0 Å².